The second kappa shape index (κ2) is 4.56. The standard InChI is InChI=1S/C9H11N3O3S/c13-8(10-5-3-1-2-4-5)6-7(9(14)15)16-12-11-6/h5H,1-4H2,(H,10,13)(H,14,15). The molecule has 0 saturated heterocycles. The molecule has 1 aromatic heterocycles. The zero-order chi connectivity index (χ0) is 11.5. The molecule has 1 aromatic rings. The molecule has 0 unspecified atom stereocenters. The third-order valence-corrected chi connectivity index (χ3v) is 3.30. The van der Waals surface area contributed by atoms with E-state index >= 15 is 0 Å². The highest BCUT2D eigenvalue weighted by Crippen LogP contribution is 2.18. The largest absolute Gasteiger partial charge is 0.477 e. The van der Waals surface area contributed by atoms with E-state index in [0.29, 0.717) is 0 Å². The third-order valence-electron chi connectivity index (χ3n) is 2.59. The van der Waals surface area contributed by atoms with E-state index in [4.69, 9.17) is 5.11 Å². The average molecular weight is 241 g/mol. The number of aromatic nitrogens is 2. The van der Waals surface area contributed by atoms with Crippen LogP contribution in [0.25, 0.3) is 0 Å². The molecule has 16 heavy (non-hydrogen) atoms. The average Bonchev–Trinajstić information content (AvgIpc) is 2.86. The number of carboxylic acids is 1. The molecule has 1 aliphatic rings. The molecule has 0 bridgehead atoms. The molecule has 1 heterocycles. The number of aromatic carboxylic acids is 1. The van der Waals surface area contributed by atoms with E-state index in [1.807, 2.05) is 0 Å². The minimum atomic E-state index is -1.16. The van der Waals surface area contributed by atoms with E-state index in [9.17, 15) is 9.59 Å². The SMILES string of the molecule is O=C(NC1CCCC1)c1nnsc1C(=O)O. The van der Waals surface area contributed by atoms with Crippen LogP contribution in [0.1, 0.15) is 45.8 Å². The lowest BCUT2D eigenvalue weighted by Gasteiger charge is -2.10. The Bertz CT molecular complexity index is 412. The molecule has 2 N–H and O–H groups in total. The maximum Gasteiger partial charge on any atom is 0.350 e. The van der Waals surface area contributed by atoms with Crippen LogP contribution in [-0.2, 0) is 0 Å². The molecule has 1 fully saturated rings. The summed E-state index contributed by atoms with van der Waals surface area (Å²) in [6, 6.07) is 0.149. The predicted molar refractivity (Wildman–Crippen MR) is 56.6 cm³/mol. The Morgan fingerprint density at radius 2 is 2.06 bits per heavy atom. The molecular weight excluding hydrogens is 230 g/mol. The fourth-order valence-electron chi connectivity index (χ4n) is 1.80. The summed E-state index contributed by atoms with van der Waals surface area (Å²) in [5.41, 5.74) is -0.0793. The van der Waals surface area contributed by atoms with E-state index < -0.39 is 11.9 Å². The Labute approximate surface area is 95.8 Å². The minimum Gasteiger partial charge on any atom is -0.477 e. The van der Waals surface area contributed by atoms with Crippen LogP contribution in [0.4, 0.5) is 0 Å². The van der Waals surface area contributed by atoms with Gasteiger partial charge in [0.25, 0.3) is 5.91 Å². The Hall–Kier alpha value is -1.50. The Kier molecular flexibility index (Phi) is 3.14. The van der Waals surface area contributed by atoms with E-state index in [0.717, 1.165) is 37.2 Å². The van der Waals surface area contributed by atoms with Crippen molar-refractivity contribution in [2.75, 3.05) is 0 Å². The number of amides is 1. The molecule has 86 valence electrons. The highest BCUT2D eigenvalue weighted by atomic mass is 32.1. The summed E-state index contributed by atoms with van der Waals surface area (Å²) in [5.74, 6) is -1.59. The Balaban J connectivity index is 2.08. The van der Waals surface area contributed by atoms with Crippen molar-refractivity contribution in [2.24, 2.45) is 0 Å². The van der Waals surface area contributed by atoms with Crippen molar-refractivity contribution in [1.82, 2.24) is 14.9 Å². The molecule has 0 atom stereocenters. The Morgan fingerprint density at radius 1 is 1.38 bits per heavy atom. The zero-order valence-corrected chi connectivity index (χ0v) is 9.29. The third kappa shape index (κ3) is 2.19. The van der Waals surface area contributed by atoms with Gasteiger partial charge in [-0.1, -0.05) is 17.3 Å². The van der Waals surface area contributed by atoms with Gasteiger partial charge in [-0.15, -0.1) is 5.10 Å². The summed E-state index contributed by atoms with van der Waals surface area (Å²) in [4.78, 5) is 22.4. The van der Waals surface area contributed by atoms with Crippen LogP contribution in [0.5, 0.6) is 0 Å². The number of carbonyl (C=O) groups excluding carboxylic acids is 1. The van der Waals surface area contributed by atoms with Crippen molar-refractivity contribution >= 4 is 23.4 Å². The summed E-state index contributed by atoms with van der Waals surface area (Å²) in [6.45, 7) is 0. The topological polar surface area (TPSA) is 92.2 Å². The molecule has 6 nitrogen and oxygen atoms in total. The van der Waals surface area contributed by atoms with Crippen LogP contribution in [0.2, 0.25) is 0 Å². The summed E-state index contributed by atoms with van der Waals surface area (Å²) < 4.78 is 3.49. The van der Waals surface area contributed by atoms with Crippen LogP contribution in [0.3, 0.4) is 0 Å². The summed E-state index contributed by atoms with van der Waals surface area (Å²) in [6.07, 6.45) is 4.11. The summed E-state index contributed by atoms with van der Waals surface area (Å²) in [7, 11) is 0. The maximum absolute atomic E-state index is 11.7. The molecule has 0 aromatic carbocycles. The number of hydrogen-bond donors (Lipinski definition) is 2. The lowest BCUT2D eigenvalue weighted by Crippen LogP contribution is -2.33. The second-order valence-electron chi connectivity index (χ2n) is 3.71. The van der Waals surface area contributed by atoms with Crippen molar-refractivity contribution in [1.29, 1.82) is 0 Å². The molecule has 0 aliphatic heterocycles. The van der Waals surface area contributed by atoms with Gasteiger partial charge in [-0.3, -0.25) is 4.79 Å². The van der Waals surface area contributed by atoms with E-state index in [1.54, 1.807) is 0 Å². The first-order valence-corrected chi connectivity index (χ1v) is 5.82. The molecule has 1 saturated carbocycles. The van der Waals surface area contributed by atoms with Crippen molar-refractivity contribution in [2.45, 2.75) is 31.7 Å². The van der Waals surface area contributed by atoms with Gasteiger partial charge in [0.15, 0.2) is 10.6 Å². The number of nitrogens with one attached hydrogen (secondary N) is 1. The molecule has 0 radical (unpaired) electrons. The molecule has 2 rings (SSSR count). The van der Waals surface area contributed by atoms with Gasteiger partial charge in [-0.2, -0.15) is 0 Å². The van der Waals surface area contributed by atoms with Crippen molar-refractivity contribution in [3.05, 3.63) is 10.6 Å². The van der Waals surface area contributed by atoms with Gasteiger partial charge >= 0.3 is 5.97 Å². The highest BCUT2D eigenvalue weighted by molar-refractivity contribution is 7.08. The number of hydrogen-bond acceptors (Lipinski definition) is 5. The van der Waals surface area contributed by atoms with Crippen LogP contribution < -0.4 is 5.32 Å². The number of nitrogens with zero attached hydrogens (tertiary/aromatic N) is 2. The first-order valence-electron chi connectivity index (χ1n) is 5.05. The van der Waals surface area contributed by atoms with Gasteiger partial charge in [0.1, 0.15) is 0 Å². The van der Waals surface area contributed by atoms with Crippen molar-refractivity contribution in [3.8, 4) is 0 Å². The van der Waals surface area contributed by atoms with Crippen LogP contribution in [-0.4, -0.2) is 32.6 Å². The van der Waals surface area contributed by atoms with E-state index in [1.165, 1.54) is 0 Å². The van der Waals surface area contributed by atoms with Gasteiger partial charge < -0.3 is 10.4 Å². The van der Waals surface area contributed by atoms with E-state index in [2.05, 4.69) is 14.9 Å². The normalized spacial score (nSPS) is 16.2. The lowest BCUT2D eigenvalue weighted by atomic mass is 10.2. The number of carbonyl (C=O) groups is 2. The molecule has 7 heteroatoms. The van der Waals surface area contributed by atoms with Crippen LogP contribution >= 0.6 is 11.5 Å². The summed E-state index contributed by atoms with van der Waals surface area (Å²) >= 11 is 0.722. The molecular formula is C9H11N3O3S. The van der Waals surface area contributed by atoms with Gasteiger partial charge in [0.05, 0.1) is 0 Å². The molecule has 1 aliphatic carbocycles. The monoisotopic (exact) mass is 241 g/mol. The first-order chi connectivity index (χ1) is 7.68. The summed E-state index contributed by atoms with van der Waals surface area (Å²) in [5, 5.41) is 15.1. The molecule has 0 spiro atoms. The fraction of sp³-hybridized carbons (Fsp3) is 0.556. The van der Waals surface area contributed by atoms with Gasteiger partial charge in [-0.25, -0.2) is 4.79 Å². The highest BCUT2D eigenvalue weighted by Gasteiger charge is 2.24. The lowest BCUT2D eigenvalue weighted by molar-refractivity contribution is 0.0695. The second-order valence-corrected chi connectivity index (χ2v) is 4.46. The predicted octanol–water partition coefficient (Wildman–Crippen LogP) is 0.909. The number of rotatable bonds is 3. The molecule has 1 amide bonds. The zero-order valence-electron chi connectivity index (χ0n) is 8.47. The van der Waals surface area contributed by atoms with E-state index in [-0.39, 0.29) is 16.6 Å². The minimum absolute atomic E-state index is 0.0793. The number of carboxylic acid groups (broad SMARTS) is 1. The van der Waals surface area contributed by atoms with Gasteiger partial charge in [0, 0.05) is 6.04 Å². The van der Waals surface area contributed by atoms with Gasteiger partial charge in [0.2, 0.25) is 0 Å². The van der Waals surface area contributed by atoms with Crippen molar-refractivity contribution < 1.29 is 14.7 Å². The fourth-order valence-corrected chi connectivity index (χ4v) is 2.31. The quantitative estimate of drug-likeness (QED) is 0.820. The first kappa shape index (κ1) is 11.0. The van der Waals surface area contributed by atoms with Gasteiger partial charge in [-0.05, 0) is 24.4 Å². The Morgan fingerprint density at radius 3 is 2.69 bits per heavy atom. The van der Waals surface area contributed by atoms with Crippen molar-refractivity contribution in [3.63, 3.8) is 0 Å². The van der Waals surface area contributed by atoms with Crippen LogP contribution in [0.15, 0.2) is 0 Å². The maximum atomic E-state index is 11.7. The smallest absolute Gasteiger partial charge is 0.350 e. The van der Waals surface area contributed by atoms with Crippen LogP contribution in [0, 0.1) is 0 Å².